The molecule has 2 fully saturated rings. The third-order valence-corrected chi connectivity index (χ3v) is 7.73. The first-order chi connectivity index (χ1) is 19.2. The van der Waals surface area contributed by atoms with Crippen LogP contribution in [-0.4, -0.2) is 62.4 Å². The van der Waals surface area contributed by atoms with E-state index in [-0.39, 0.29) is 34.6 Å². The van der Waals surface area contributed by atoms with Crippen molar-refractivity contribution in [2.24, 2.45) is 5.41 Å². The third kappa shape index (κ3) is 4.65. The van der Waals surface area contributed by atoms with Crippen LogP contribution in [0.15, 0.2) is 48.9 Å². The van der Waals surface area contributed by atoms with Gasteiger partial charge in [0.15, 0.2) is 0 Å². The van der Waals surface area contributed by atoms with Crippen LogP contribution in [0, 0.1) is 11.2 Å². The number of aromatic nitrogens is 4. The van der Waals surface area contributed by atoms with Gasteiger partial charge in [0, 0.05) is 53.7 Å². The molecule has 2 aliphatic rings. The van der Waals surface area contributed by atoms with E-state index in [2.05, 4.69) is 15.3 Å². The van der Waals surface area contributed by atoms with Gasteiger partial charge < -0.3 is 20.7 Å². The van der Waals surface area contributed by atoms with Crippen LogP contribution in [0.4, 0.5) is 16.0 Å². The second kappa shape index (κ2) is 10.1. The van der Waals surface area contributed by atoms with Crippen molar-refractivity contribution in [1.82, 2.24) is 24.3 Å². The van der Waals surface area contributed by atoms with E-state index in [1.165, 1.54) is 24.4 Å². The lowest BCUT2D eigenvalue weighted by atomic mass is 9.85. The second-order valence-corrected chi connectivity index (χ2v) is 10.9. The van der Waals surface area contributed by atoms with Gasteiger partial charge in [-0.2, -0.15) is 0 Å². The zero-order valence-electron chi connectivity index (χ0n) is 21.7. The van der Waals surface area contributed by atoms with Crippen molar-refractivity contribution in [3.63, 3.8) is 0 Å². The summed E-state index contributed by atoms with van der Waals surface area (Å²) >= 11 is 5.96. The van der Waals surface area contributed by atoms with E-state index in [0.29, 0.717) is 48.4 Å². The summed E-state index contributed by atoms with van der Waals surface area (Å²) in [5.74, 6) is -0.0342. The Labute approximate surface area is 234 Å². The average Bonchev–Trinajstić information content (AvgIpc) is 3.32. The summed E-state index contributed by atoms with van der Waals surface area (Å²) < 4.78 is 22.7. The summed E-state index contributed by atoms with van der Waals surface area (Å²) in [4.78, 5) is 40.9. The number of ether oxygens (including phenoxy) is 1. The highest BCUT2D eigenvalue weighted by atomic mass is 35.5. The summed E-state index contributed by atoms with van der Waals surface area (Å²) in [5.41, 5.74) is 6.86. The number of likely N-dealkylation sites (tertiary alicyclic amines) is 1. The van der Waals surface area contributed by atoms with Crippen molar-refractivity contribution in [2.45, 2.75) is 25.7 Å². The lowest BCUT2D eigenvalue weighted by Gasteiger charge is -2.42. The molecule has 0 unspecified atom stereocenters. The number of anilines is 2. The van der Waals surface area contributed by atoms with Gasteiger partial charge in [0.25, 0.3) is 5.91 Å². The lowest BCUT2D eigenvalue weighted by Crippen LogP contribution is -2.55. The van der Waals surface area contributed by atoms with E-state index in [1.54, 1.807) is 18.5 Å². The van der Waals surface area contributed by atoms with Gasteiger partial charge in [-0.3, -0.25) is 14.0 Å². The minimum atomic E-state index is -0.639. The minimum absolute atomic E-state index is 0.0800. The number of fused-ring (bicyclic) bond motifs is 1. The molecular weight excluding hydrogens is 537 g/mol. The number of nitrogen functional groups attached to an aromatic ring is 1. The molecular formula is C28H27ClFN7O3. The Morgan fingerprint density at radius 1 is 1.20 bits per heavy atom. The van der Waals surface area contributed by atoms with Gasteiger partial charge in [0.1, 0.15) is 34.5 Å². The largest absolute Gasteiger partial charge is 0.382 e. The van der Waals surface area contributed by atoms with Crippen LogP contribution in [0.2, 0.25) is 5.02 Å². The van der Waals surface area contributed by atoms with Crippen molar-refractivity contribution in [2.75, 3.05) is 37.4 Å². The van der Waals surface area contributed by atoms with Crippen molar-refractivity contribution >= 4 is 40.6 Å². The predicted molar refractivity (Wildman–Crippen MR) is 147 cm³/mol. The number of carbonyl (C=O) groups excluding carboxylic acids is 2. The van der Waals surface area contributed by atoms with Crippen LogP contribution in [0.25, 0.3) is 16.8 Å². The molecule has 4 aromatic rings. The first-order valence-electron chi connectivity index (χ1n) is 13.0. The number of nitrogens with two attached hydrogens (primary N) is 1. The van der Waals surface area contributed by atoms with Gasteiger partial charge >= 0.3 is 0 Å². The minimum Gasteiger partial charge on any atom is -0.382 e. The molecule has 10 nitrogen and oxygen atoms in total. The normalized spacial score (nSPS) is 18.4. The van der Waals surface area contributed by atoms with Crippen LogP contribution in [0.1, 0.15) is 41.9 Å². The number of pyridine rings is 1. The summed E-state index contributed by atoms with van der Waals surface area (Å²) in [6.07, 6.45) is 6.42. The molecule has 6 rings (SSSR count). The topological polar surface area (TPSA) is 128 Å². The Morgan fingerprint density at radius 2 is 2.02 bits per heavy atom. The van der Waals surface area contributed by atoms with Gasteiger partial charge in [0.2, 0.25) is 5.91 Å². The fourth-order valence-electron chi connectivity index (χ4n) is 5.36. The van der Waals surface area contributed by atoms with E-state index in [9.17, 15) is 9.59 Å². The maximum absolute atomic E-state index is 15.6. The number of nitrogens with one attached hydrogen (secondary N) is 1. The zero-order valence-corrected chi connectivity index (χ0v) is 22.5. The first-order valence-corrected chi connectivity index (χ1v) is 13.3. The molecule has 5 heterocycles. The molecule has 3 aromatic heterocycles. The Morgan fingerprint density at radius 3 is 2.75 bits per heavy atom. The predicted octanol–water partition coefficient (Wildman–Crippen LogP) is 4.16. The van der Waals surface area contributed by atoms with Crippen molar-refractivity contribution in [3.05, 3.63) is 71.2 Å². The Bertz CT molecular complexity index is 1640. The van der Waals surface area contributed by atoms with E-state index >= 15 is 4.39 Å². The maximum Gasteiger partial charge on any atom is 0.256 e. The van der Waals surface area contributed by atoms with E-state index in [4.69, 9.17) is 27.1 Å². The van der Waals surface area contributed by atoms with Gasteiger partial charge in [-0.1, -0.05) is 11.6 Å². The molecule has 40 heavy (non-hydrogen) atoms. The lowest BCUT2D eigenvalue weighted by molar-refractivity contribution is -0.169. The number of nitrogens with zero attached hydrogens (tertiary/aromatic N) is 5. The van der Waals surface area contributed by atoms with Gasteiger partial charge in [0.05, 0.1) is 18.6 Å². The molecule has 1 atom stereocenters. The van der Waals surface area contributed by atoms with Crippen molar-refractivity contribution in [3.8, 4) is 11.3 Å². The van der Waals surface area contributed by atoms with Crippen molar-refractivity contribution < 1.29 is 18.7 Å². The molecule has 0 aliphatic carbocycles. The molecule has 0 spiro atoms. The van der Waals surface area contributed by atoms with Gasteiger partial charge in [-0.15, -0.1) is 0 Å². The van der Waals surface area contributed by atoms with Crippen molar-refractivity contribution in [1.29, 1.82) is 0 Å². The number of carbonyl (C=O) groups is 2. The first kappa shape index (κ1) is 26.1. The molecule has 2 aliphatic heterocycles. The standard InChI is InChI=1S/C28H27ClFN7O3/c1-28(14-40-15-28)27(39)36-9-2-3-17(13-36)25-35-22(23-24(31)33-8-10-37(23)25)19-5-4-16(11-20(19)30)26(38)34-21-12-18(29)6-7-32-21/h4-8,10-12,17H,2-3,9,13-15H2,1H3,(H2,31,33)(H,32,34,38)/t17-/m1/s1. The summed E-state index contributed by atoms with van der Waals surface area (Å²) in [6.45, 7) is 3.95. The highest BCUT2D eigenvalue weighted by molar-refractivity contribution is 6.30. The summed E-state index contributed by atoms with van der Waals surface area (Å²) in [5, 5.41) is 3.03. The fraction of sp³-hybridized carbons (Fsp3) is 0.321. The summed E-state index contributed by atoms with van der Waals surface area (Å²) in [6, 6.07) is 7.25. The van der Waals surface area contributed by atoms with Gasteiger partial charge in [-0.05, 0) is 50.1 Å². The van der Waals surface area contributed by atoms with E-state index in [1.807, 2.05) is 16.2 Å². The van der Waals surface area contributed by atoms with Crippen LogP contribution in [-0.2, 0) is 9.53 Å². The number of hydrogen-bond acceptors (Lipinski definition) is 7. The maximum atomic E-state index is 15.6. The van der Waals surface area contributed by atoms with Crippen LogP contribution in [0.5, 0.6) is 0 Å². The number of imidazole rings is 1. The smallest absolute Gasteiger partial charge is 0.256 e. The number of hydrogen-bond donors (Lipinski definition) is 2. The average molecular weight is 564 g/mol. The molecule has 1 aromatic carbocycles. The molecule has 0 bridgehead atoms. The van der Waals surface area contributed by atoms with Crippen LogP contribution in [0.3, 0.4) is 0 Å². The third-order valence-electron chi connectivity index (χ3n) is 7.49. The summed E-state index contributed by atoms with van der Waals surface area (Å²) in [7, 11) is 0. The molecule has 0 saturated carbocycles. The number of amides is 2. The molecule has 3 N–H and O–H groups in total. The molecule has 206 valence electrons. The Hall–Kier alpha value is -4.09. The molecule has 2 saturated heterocycles. The highest BCUT2D eigenvalue weighted by Gasteiger charge is 2.44. The molecule has 2 amide bonds. The SMILES string of the molecule is CC1(C(=O)N2CCC[C@@H](c3nc(-c4ccc(C(=O)Nc5cc(Cl)ccn5)cc4F)c4c(N)nccn34)C2)COC1. The van der Waals surface area contributed by atoms with Crippen LogP contribution < -0.4 is 11.1 Å². The Balaban J connectivity index is 1.32. The fourth-order valence-corrected chi connectivity index (χ4v) is 5.52. The number of rotatable bonds is 5. The number of halogens is 2. The zero-order chi connectivity index (χ0) is 28.0. The monoisotopic (exact) mass is 563 g/mol. The molecule has 12 heteroatoms. The second-order valence-electron chi connectivity index (χ2n) is 10.5. The quantitative estimate of drug-likeness (QED) is 0.373. The number of piperidine rings is 1. The van der Waals surface area contributed by atoms with Crippen LogP contribution >= 0.6 is 11.6 Å². The van der Waals surface area contributed by atoms with E-state index in [0.717, 1.165) is 18.9 Å². The highest BCUT2D eigenvalue weighted by Crippen LogP contribution is 2.37. The van der Waals surface area contributed by atoms with Gasteiger partial charge in [-0.25, -0.2) is 19.3 Å². The van der Waals surface area contributed by atoms with E-state index < -0.39 is 17.1 Å². The molecule has 0 radical (unpaired) electrons. The number of benzene rings is 1. The Kier molecular flexibility index (Phi) is 6.63.